The van der Waals surface area contributed by atoms with Gasteiger partial charge >= 0.3 is 0 Å². The summed E-state index contributed by atoms with van der Waals surface area (Å²) in [4.78, 5) is 12.5. The standard InChI is InChI=1S/C18H29NO3/c1-6-9-13(4)15(7-2)19-18(20)14-10-11-16(22-8-3)17(12-14)21-5/h10-13,15H,6-9H2,1-5H3,(H,19,20). The molecule has 0 aliphatic heterocycles. The Balaban J connectivity index is 2.84. The summed E-state index contributed by atoms with van der Waals surface area (Å²) in [6.07, 6.45) is 3.18. The number of ether oxygens (including phenoxy) is 2. The van der Waals surface area contributed by atoms with Gasteiger partial charge in [-0.15, -0.1) is 0 Å². The highest BCUT2D eigenvalue weighted by Crippen LogP contribution is 2.28. The largest absolute Gasteiger partial charge is 0.493 e. The number of benzene rings is 1. The predicted octanol–water partition coefficient (Wildman–Crippen LogP) is 4.04. The Morgan fingerprint density at radius 1 is 1.23 bits per heavy atom. The highest BCUT2D eigenvalue weighted by molar-refractivity contribution is 5.95. The van der Waals surface area contributed by atoms with E-state index < -0.39 is 0 Å². The first-order valence-electron chi connectivity index (χ1n) is 8.18. The Labute approximate surface area is 134 Å². The maximum atomic E-state index is 12.5. The van der Waals surface area contributed by atoms with Crippen molar-refractivity contribution < 1.29 is 14.3 Å². The average Bonchev–Trinajstić information content (AvgIpc) is 2.53. The first kappa shape index (κ1) is 18.3. The van der Waals surface area contributed by atoms with E-state index in [2.05, 4.69) is 26.1 Å². The van der Waals surface area contributed by atoms with Gasteiger partial charge in [0.25, 0.3) is 5.91 Å². The number of hydrogen-bond donors (Lipinski definition) is 1. The molecule has 0 aliphatic rings. The molecule has 4 nitrogen and oxygen atoms in total. The summed E-state index contributed by atoms with van der Waals surface area (Å²) in [5.74, 6) is 1.66. The molecule has 0 saturated heterocycles. The second-order valence-electron chi connectivity index (χ2n) is 5.55. The molecule has 0 spiro atoms. The first-order chi connectivity index (χ1) is 10.6. The van der Waals surface area contributed by atoms with E-state index in [1.165, 1.54) is 0 Å². The summed E-state index contributed by atoms with van der Waals surface area (Å²) in [7, 11) is 1.58. The van der Waals surface area contributed by atoms with Crippen molar-refractivity contribution in [2.75, 3.05) is 13.7 Å². The fourth-order valence-corrected chi connectivity index (χ4v) is 2.64. The number of nitrogens with one attached hydrogen (secondary N) is 1. The maximum Gasteiger partial charge on any atom is 0.251 e. The number of amides is 1. The van der Waals surface area contributed by atoms with Gasteiger partial charge in [0, 0.05) is 11.6 Å². The van der Waals surface area contributed by atoms with E-state index in [1.54, 1.807) is 25.3 Å². The molecule has 4 heteroatoms. The average molecular weight is 307 g/mol. The number of carbonyl (C=O) groups is 1. The highest BCUT2D eigenvalue weighted by Gasteiger charge is 2.19. The Morgan fingerprint density at radius 2 is 1.95 bits per heavy atom. The molecule has 2 atom stereocenters. The van der Waals surface area contributed by atoms with E-state index in [-0.39, 0.29) is 11.9 Å². The SMILES string of the molecule is CCCC(C)C(CC)NC(=O)c1ccc(OCC)c(OC)c1. The minimum atomic E-state index is -0.0591. The normalized spacial score (nSPS) is 13.3. The maximum absolute atomic E-state index is 12.5. The van der Waals surface area contributed by atoms with Crippen LogP contribution in [0.4, 0.5) is 0 Å². The quantitative estimate of drug-likeness (QED) is 0.749. The lowest BCUT2D eigenvalue weighted by Crippen LogP contribution is -2.38. The zero-order valence-corrected chi connectivity index (χ0v) is 14.4. The Hall–Kier alpha value is -1.71. The summed E-state index contributed by atoms with van der Waals surface area (Å²) in [5.41, 5.74) is 0.599. The summed E-state index contributed by atoms with van der Waals surface area (Å²) in [6, 6.07) is 5.50. The van der Waals surface area contributed by atoms with Crippen molar-refractivity contribution in [3.8, 4) is 11.5 Å². The molecule has 0 aliphatic carbocycles. The van der Waals surface area contributed by atoms with Gasteiger partial charge in [-0.25, -0.2) is 0 Å². The third-order valence-electron chi connectivity index (χ3n) is 3.91. The fraction of sp³-hybridized carbons (Fsp3) is 0.611. The molecule has 0 aromatic heterocycles. The molecule has 0 fully saturated rings. The van der Waals surface area contributed by atoms with Crippen LogP contribution in [0.5, 0.6) is 11.5 Å². The second-order valence-corrected chi connectivity index (χ2v) is 5.55. The Kier molecular flexibility index (Phi) is 7.78. The molecule has 1 rings (SSSR count). The smallest absolute Gasteiger partial charge is 0.251 e. The molecule has 22 heavy (non-hydrogen) atoms. The fourth-order valence-electron chi connectivity index (χ4n) is 2.64. The molecular weight excluding hydrogens is 278 g/mol. The molecule has 0 bridgehead atoms. The lowest BCUT2D eigenvalue weighted by molar-refractivity contribution is 0.0920. The summed E-state index contributed by atoms with van der Waals surface area (Å²) >= 11 is 0. The second kappa shape index (κ2) is 9.34. The van der Waals surface area contributed by atoms with Crippen molar-refractivity contribution >= 4 is 5.91 Å². The molecule has 1 aromatic carbocycles. The lowest BCUT2D eigenvalue weighted by Gasteiger charge is -2.24. The van der Waals surface area contributed by atoms with Crippen LogP contribution in [0.1, 0.15) is 57.3 Å². The van der Waals surface area contributed by atoms with E-state index in [4.69, 9.17) is 9.47 Å². The Bertz CT molecular complexity index is 473. The van der Waals surface area contributed by atoms with E-state index in [1.807, 2.05) is 6.92 Å². The highest BCUT2D eigenvalue weighted by atomic mass is 16.5. The van der Waals surface area contributed by atoms with E-state index in [0.717, 1.165) is 19.3 Å². The summed E-state index contributed by atoms with van der Waals surface area (Å²) in [5, 5.41) is 3.14. The van der Waals surface area contributed by atoms with Gasteiger partial charge in [0.05, 0.1) is 13.7 Å². The van der Waals surface area contributed by atoms with E-state index >= 15 is 0 Å². The van der Waals surface area contributed by atoms with Gasteiger partial charge in [-0.2, -0.15) is 0 Å². The topological polar surface area (TPSA) is 47.6 Å². The number of hydrogen-bond acceptors (Lipinski definition) is 3. The third kappa shape index (κ3) is 4.93. The van der Waals surface area contributed by atoms with Crippen LogP contribution in [0, 0.1) is 5.92 Å². The van der Waals surface area contributed by atoms with Gasteiger partial charge < -0.3 is 14.8 Å². The van der Waals surface area contributed by atoms with Crippen LogP contribution in [-0.2, 0) is 0 Å². The molecule has 1 N–H and O–H groups in total. The zero-order valence-electron chi connectivity index (χ0n) is 14.4. The van der Waals surface area contributed by atoms with Crippen molar-refractivity contribution in [3.05, 3.63) is 23.8 Å². The number of carbonyl (C=O) groups excluding carboxylic acids is 1. The summed E-state index contributed by atoms with van der Waals surface area (Å²) < 4.78 is 10.8. The van der Waals surface area contributed by atoms with Crippen LogP contribution in [0.25, 0.3) is 0 Å². The third-order valence-corrected chi connectivity index (χ3v) is 3.91. The van der Waals surface area contributed by atoms with Crippen LogP contribution < -0.4 is 14.8 Å². The molecule has 1 aromatic rings. The van der Waals surface area contributed by atoms with Gasteiger partial charge in [0.2, 0.25) is 0 Å². The van der Waals surface area contributed by atoms with E-state index in [9.17, 15) is 4.79 Å². The van der Waals surface area contributed by atoms with Crippen molar-refractivity contribution in [2.24, 2.45) is 5.92 Å². The lowest BCUT2D eigenvalue weighted by atomic mass is 9.94. The minimum Gasteiger partial charge on any atom is -0.493 e. The van der Waals surface area contributed by atoms with Gasteiger partial charge in [-0.05, 0) is 43.9 Å². The minimum absolute atomic E-state index is 0.0591. The first-order valence-corrected chi connectivity index (χ1v) is 8.18. The van der Waals surface area contributed by atoms with Crippen molar-refractivity contribution in [1.82, 2.24) is 5.32 Å². The molecule has 0 radical (unpaired) electrons. The number of methoxy groups -OCH3 is 1. The zero-order chi connectivity index (χ0) is 16.5. The van der Waals surface area contributed by atoms with E-state index in [0.29, 0.717) is 29.6 Å². The molecule has 124 valence electrons. The molecule has 0 heterocycles. The molecule has 1 amide bonds. The molecule has 0 saturated carbocycles. The van der Waals surface area contributed by atoms with Crippen molar-refractivity contribution in [3.63, 3.8) is 0 Å². The van der Waals surface area contributed by atoms with Crippen LogP contribution in [0.2, 0.25) is 0 Å². The number of rotatable bonds is 9. The predicted molar refractivity (Wildman–Crippen MR) is 89.8 cm³/mol. The Morgan fingerprint density at radius 3 is 2.50 bits per heavy atom. The van der Waals surface area contributed by atoms with Crippen molar-refractivity contribution in [1.29, 1.82) is 0 Å². The molecular formula is C18H29NO3. The van der Waals surface area contributed by atoms with Gasteiger partial charge in [-0.3, -0.25) is 4.79 Å². The van der Waals surface area contributed by atoms with Gasteiger partial charge in [0.15, 0.2) is 11.5 Å². The summed E-state index contributed by atoms with van der Waals surface area (Å²) in [6.45, 7) is 8.95. The van der Waals surface area contributed by atoms with Crippen LogP contribution >= 0.6 is 0 Å². The van der Waals surface area contributed by atoms with Gasteiger partial charge in [-0.1, -0.05) is 27.2 Å². The van der Waals surface area contributed by atoms with Crippen LogP contribution in [-0.4, -0.2) is 25.7 Å². The molecule has 2 unspecified atom stereocenters. The van der Waals surface area contributed by atoms with Crippen LogP contribution in [0.15, 0.2) is 18.2 Å². The monoisotopic (exact) mass is 307 g/mol. The van der Waals surface area contributed by atoms with Crippen LogP contribution in [0.3, 0.4) is 0 Å². The van der Waals surface area contributed by atoms with Gasteiger partial charge in [0.1, 0.15) is 0 Å². The van der Waals surface area contributed by atoms with Crippen molar-refractivity contribution in [2.45, 2.75) is 53.0 Å².